The summed E-state index contributed by atoms with van der Waals surface area (Å²) < 4.78 is 0. The van der Waals surface area contributed by atoms with Gasteiger partial charge in [-0.3, -0.25) is 10.3 Å². The number of nitrogens with zero attached hydrogens (tertiary/aromatic N) is 1. The zero-order chi connectivity index (χ0) is 5.11. The minimum Gasteiger partial charge on any atom is -0.296 e. The van der Waals surface area contributed by atoms with Gasteiger partial charge in [0.05, 0.1) is 6.17 Å². The van der Waals surface area contributed by atoms with Crippen LogP contribution in [0, 0.1) is 0 Å². The molecule has 0 saturated carbocycles. The molecule has 1 N–H and O–H groups in total. The van der Waals surface area contributed by atoms with Crippen molar-refractivity contribution in [3.63, 3.8) is 0 Å². The molecular formula is C5H10N2. The highest BCUT2D eigenvalue weighted by molar-refractivity contribution is 5.58. The molecule has 7 heavy (non-hydrogen) atoms. The van der Waals surface area contributed by atoms with E-state index in [4.69, 9.17) is 0 Å². The molecule has 0 amide bonds. The molecule has 1 atom stereocenters. The average molecular weight is 98.1 g/mol. The van der Waals surface area contributed by atoms with Crippen LogP contribution >= 0.6 is 0 Å². The zero-order valence-corrected chi connectivity index (χ0v) is 4.52. The van der Waals surface area contributed by atoms with Crippen LogP contribution in [0.5, 0.6) is 0 Å². The van der Waals surface area contributed by atoms with Gasteiger partial charge in [-0.2, -0.15) is 0 Å². The molecule has 0 aromatic rings. The maximum Gasteiger partial charge on any atom is 0.0961 e. The fourth-order valence-corrected chi connectivity index (χ4v) is 0.642. The fourth-order valence-electron chi connectivity index (χ4n) is 0.642. The van der Waals surface area contributed by atoms with E-state index in [1.54, 1.807) is 0 Å². The molecule has 1 heterocycles. The van der Waals surface area contributed by atoms with E-state index in [9.17, 15) is 0 Å². The number of rotatable bonds is 0. The van der Waals surface area contributed by atoms with Crippen LogP contribution in [-0.2, 0) is 0 Å². The third kappa shape index (κ3) is 1.27. The molecule has 0 saturated heterocycles. The van der Waals surface area contributed by atoms with Gasteiger partial charge < -0.3 is 0 Å². The first kappa shape index (κ1) is 4.78. The molecule has 40 valence electrons. The van der Waals surface area contributed by atoms with E-state index in [0.717, 1.165) is 13.0 Å². The topological polar surface area (TPSA) is 24.4 Å². The van der Waals surface area contributed by atoms with Crippen LogP contribution < -0.4 is 5.32 Å². The molecule has 0 aromatic heterocycles. The maximum absolute atomic E-state index is 4.09. The van der Waals surface area contributed by atoms with Gasteiger partial charge in [0.2, 0.25) is 0 Å². The lowest BCUT2D eigenvalue weighted by Crippen LogP contribution is -2.28. The average Bonchev–Trinajstić information content (AvgIpc) is 1.69. The molecule has 0 spiro atoms. The van der Waals surface area contributed by atoms with E-state index in [1.807, 2.05) is 6.21 Å². The monoisotopic (exact) mass is 98.1 g/mol. The summed E-state index contributed by atoms with van der Waals surface area (Å²) in [6, 6.07) is 0. The minimum absolute atomic E-state index is 0.355. The van der Waals surface area contributed by atoms with Crippen molar-refractivity contribution in [3.8, 4) is 0 Å². The Balaban J connectivity index is 2.36. The highest BCUT2D eigenvalue weighted by atomic mass is 15.1. The van der Waals surface area contributed by atoms with Gasteiger partial charge in [0, 0.05) is 12.8 Å². The number of hydrogen-bond acceptors (Lipinski definition) is 2. The van der Waals surface area contributed by atoms with E-state index in [-0.39, 0.29) is 0 Å². The molecule has 0 unspecified atom stereocenters. The smallest absolute Gasteiger partial charge is 0.0961 e. The fraction of sp³-hybridized carbons (Fsp3) is 0.800. The van der Waals surface area contributed by atoms with Crippen LogP contribution in [0.2, 0.25) is 0 Å². The molecule has 2 nitrogen and oxygen atoms in total. The molecule has 1 rings (SSSR count). The van der Waals surface area contributed by atoms with E-state index in [1.165, 1.54) is 0 Å². The van der Waals surface area contributed by atoms with Gasteiger partial charge in [0.1, 0.15) is 0 Å². The van der Waals surface area contributed by atoms with Gasteiger partial charge in [0.15, 0.2) is 0 Å². The second kappa shape index (κ2) is 2.07. The van der Waals surface area contributed by atoms with Gasteiger partial charge in [0.25, 0.3) is 0 Å². The van der Waals surface area contributed by atoms with Crippen LogP contribution in [0.25, 0.3) is 0 Å². The lowest BCUT2D eigenvalue weighted by atomic mass is 10.4. The Kier molecular flexibility index (Phi) is 1.42. The van der Waals surface area contributed by atoms with Crippen LogP contribution in [0.3, 0.4) is 0 Å². The summed E-state index contributed by atoms with van der Waals surface area (Å²) in [7, 11) is 0. The molecule has 0 fully saturated rings. The highest BCUT2D eigenvalue weighted by Gasteiger charge is 1.97. The number of aliphatic imine (C=N–C) groups is 1. The Labute approximate surface area is 43.6 Å². The molecular weight excluding hydrogens is 88.1 g/mol. The summed E-state index contributed by atoms with van der Waals surface area (Å²) in [6.07, 6.45) is 3.42. The Bertz CT molecular complexity index is 78.1. The van der Waals surface area contributed by atoms with Crippen molar-refractivity contribution in [2.45, 2.75) is 19.5 Å². The minimum atomic E-state index is 0.355. The zero-order valence-electron chi connectivity index (χ0n) is 4.52. The first-order chi connectivity index (χ1) is 3.39. The second-order valence-electron chi connectivity index (χ2n) is 1.75. The van der Waals surface area contributed by atoms with Crippen molar-refractivity contribution < 1.29 is 0 Å². The van der Waals surface area contributed by atoms with Crippen molar-refractivity contribution in [1.29, 1.82) is 0 Å². The molecule has 0 aliphatic carbocycles. The third-order valence-corrected chi connectivity index (χ3v) is 1.04. The first-order valence-corrected chi connectivity index (χ1v) is 2.64. The number of nitrogens with one attached hydrogen (secondary N) is 1. The van der Waals surface area contributed by atoms with Crippen molar-refractivity contribution in [2.75, 3.05) is 6.54 Å². The predicted molar refractivity (Wildman–Crippen MR) is 30.6 cm³/mol. The normalized spacial score (nSPS) is 30.7. The quantitative estimate of drug-likeness (QED) is 0.466. The molecule has 2 heteroatoms. The third-order valence-electron chi connectivity index (χ3n) is 1.04. The van der Waals surface area contributed by atoms with Gasteiger partial charge in [-0.05, 0) is 13.3 Å². The van der Waals surface area contributed by atoms with E-state index in [2.05, 4.69) is 17.2 Å². The second-order valence-corrected chi connectivity index (χ2v) is 1.75. The molecule has 1 aliphatic heterocycles. The first-order valence-electron chi connectivity index (χ1n) is 2.64. The van der Waals surface area contributed by atoms with Gasteiger partial charge in [-0.1, -0.05) is 0 Å². The van der Waals surface area contributed by atoms with E-state index >= 15 is 0 Å². The van der Waals surface area contributed by atoms with Crippen LogP contribution in [0.1, 0.15) is 13.3 Å². The summed E-state index contributed by atoms with van der Waals surface area (Å²) in [5.74, 6) is 0. The summed E-state index contributed by atoms with van der Waals surface area (Å²) in [5, 5.41) is 3.18. The Morgan fingerprint density at radius 1 is 1.86 bits per heavy atom. The summed E-state index contributed by atoms with van der Waals surface area (Å²) in [5.41, 5.74) is 0. The molecule has 1 aliphatic rings. The summed E-state index contributed by atoms with van der Waals surface area (Å²) >= 11 is 0. The van der Waals surface area contributed by atoms with Crippen molar-refractivity contribution >= 4 is 6.21 Å². The SMILES string of the molecule is C[C@H]1N=CCCN1. The van der Waals surface area contributed by atoms with E-state index < -0.39 is 0 Å². The van der Waals surface area contributed by atoms with Crippen molar-refractivity contribution in [1.82, 2.24) is 5.32 Å². The molecule has 0 radical (unpaired) electrons. The van der Waals surface area contributed by atoms with Crippen LogP contribution in [-0.4, -0.2) is 18.9 Å². The summed E-state index contributed by atoms with van der Waals surface area (Å²) in [4.78, 5) is 4.09. The van der Waals surface area contributed by atoms with Crippen molar-refractivity contribution in [2.24, 2.45) is 4.99 Å². The lowest BCUT2D eigenvalue weighted by molar-refractivity contribution is 0.562. The lowest BCUT2D eigenvalue weighted by Gasteiger charge is -2.11. The Morgan fingerprint density at radius 3 is 3.00 bits per heavy atom. The molecule has 0 bridgehead atoms. The van der Waals surface area contributed by atoms with Gasteiger partial charge >= 0.3 is 0 Å². The van der Waals surface area contributed by atoms with Crippen LogP contribution in [0.4, 0.5) is 0 Å². The standard InChI is InChI=1S/C5H10N2/c1-5-6-3-2-4-7-5/h3,5,7H,2,4H2,1H3/t5-/m0/s1. The Morgan fingerprint density at radius 2 is 2.71 bits per heavy atom. The summed E-state index contributed by atoms with van der Waals surface area (Å²) in [6.45, 7) is 3.14. The predicted octanol–water partition coefficient (Wildman–Crippen LogP) is 0.397. The highest BCUT2D eigenvalue weighted by Crippen LogP contribution is 1.88. The van der Waals surface area contributed by atoms with Gasteiger partial charge in [-0.15, -0.1) is 0 Å². The Hall–Kier alpha value is -0.370. The van der Waals surface area contributed by atoms with Gasteiger partial charge in [-0.25, -0.2) is 0 Å². The maximum atomic E-state index is 4.09. The van der Waals surface area contributed by atoms with Crippen LogP contribution in [0.15, 0.2) is 4.99 Å². The number of hydrogen-bond donors (Lipinski definition) is 1. The van der Waals surface area contributed by atoms with Crippen molar-refractivity contribution in [3.05, 3.63) is 0 Å². The van der Waals surface area contributed by atoms with E-state index in [0.29, 0.717) is 6.17 Å². The molecule has 0 aromatic carbocycles. The largest absolute Gasteiger partial charge is 0.296 e.